The van der Waals surface area contributed by atoms with Crippen molar-refractivity contribution in [2.45, 2.75) is 83.1 Å². The van der Waals surface area contributed by atoms with E-state index >= 15 is 0 Å². The summed E-state index contributed by atoms with van der Waals surface area (Å²) in [5.74, 6) is 0. The van der Waals surface area contributed by atoms with E-state index in [-0.39, 0.29) is 12.0 Å². The van der Waals surface area contributed by atoms with Gasteiger partial charge in [0.15, 0.2) is 6.29 Å². The van der Waals surface area contributed by atoms with Gasteiger partial charge in [0.1, 0.15) is 30.5 Å². The molecule has 0 aliphatic carbocycles. The Balaban J connectivity index is 2.12. The van der Waals surface area contributed by atoms with Crippen molar-refractivity contribution in [3.8, 4) is 0 Å². The lowest BCUT2D eigenvalue weighted by Crippen LogP contribution is -2.46. The smallest absolute Gasteiger partial charge is 0.187 e. The first-order valence-electron chi connectivity index (χ1n) is 7.82. The fraction of sp³-hybridized carbons (Fsp3) is 1.00. The lowest BCUT2D eigenvalue weighted by molar-refractivity contribution is -0.217. The molecule has 8 atom stereocenters. The van der Waals surface area contributed by atoms with Gasteiger partial charge >= 0.3 is 0 Å². The summed E-state index contributed by atoms with van der Waals surface area (Å²) < 4.78 is 17.0. The molecule has 4 N–H and O–H groups in total. The molecule has 2 unspecified atom stereocenters. The second-order valence-corrected chi connectivity index (χ2v) is 7.17. The van der Waals surface area contributed by atoms with Crippen LogP contribution in [0.2, 0.25) is 0 Å². The largest absolute Gasteiger partial charge is 0.394 e. The maximum Gasteiger partial charge on any atom is 0.187 e. The van der Waals surface area contributed by atoms with Gasteiger partial charge in [-0.2, -0.15) is 0 Å². The summed E-state index contributed by atoms with van der Waals surface area (Å²) in [6, 6.07) is 0. The van der Waals surface area contributed by atoms with Crippen molar-refractivity contribution >= 4 is 0 Å². The van der Waals surface area contributed by atoms with Gasteiger partial charge < -0.3 is 34.6 Å². The third kappa shape index (κ3) is 3.31. The third-order valence-corrected chi connectivity index (χ3v) is 4.38. The first kappa shape index (κ1) is 18.1. The van der Waals surface area contributed by atoms with E-state index in [9.17, 15) is 20.4 Å². The normalized spacial score (nSPS) is 46.4. The van der Waals surface area contributed by atoms with Gasteiger partial charge in [0.05, 0.1) is 18.8 Å². The van der Waals surface area contributed by atoms with E-state index in [1.807, 2.05) is 27.7 Å². The van der Waals surface area contributed by atoms with E-state index in [0.717, 1.165) is 0 Å². The zero-order valence-electron chi connectivity index (χ0n) is 13.5. The van der Waals surface area contributed by atoms with Crippen molar-refractivity contribution in [3.63, 3.8) is 0 Å². The average Bonchev–Trinajstić information content (AvgIpc) is 2.91. The van der Waals surface area contributed by atoms with Crippen molar-refractivity contribution in [2.75, 3.05) is 6.61 Å². The van der Waals surface area contributed by atoms with Gasteiger partial charge in [-0.1, -0.05) is 27.7 Å². The topological polar surface area (TPSA) is 109 Å². The zero-order valence-corrected chi connectivity index (χ0v) is 13.5. The molecule has 22 heavy (non-hydrogen) atoms. The van der Waals surface area contributed by atoms with E-state index in [1.54, 1.807) is 0 Å². The van der Waals surface area contributed by atoms with Gasteiger partial charge in [-0.05, 0) is 11.8 Å². The summed E-state index contributed by atoms with van der Waals surface area (Å²) in [6.45, 7) is 7.35. The molecule has 2 saturated heterocycles. The molecular weight excluding hydrogens is 292 g/mol. The predicted molar refractivity (Wildman–Crippen MR) is 77.0 cm³/mol. The Hall–Kier alpha value is -0.280. The molecule has 0 aromatic heterocycles. The standard InChI is InChI=1S/C15H28O7/c1-5-7-9(17)11(19)14(21-7)22-12-10(18)8(6-16)20-13(12)15(2,3)4/h7-14,16-19H,5-6H2,1-4H3/t7-,8-,9+,10+,11-,12-,13?,14?/m1/s1. The van der Waals surface area contributed by atoms with Crippen LogP contribution in [0.4, 0.5) is 0 Å². The van der Waals surface area contributed by atoms with Crippen molar-refractivity contribution in [2.24, 2.45) is 5.41 Å². The summed E-state index contributed by atoms with van der Waals surface area (Å²) in [5, 5.41) is 39.6. The summed E-state index contributed by atoms with van der Waals surface area (Å²) in [5.41, 5.74) is -0.331. The van der Waals surface area contributed by atoms with Crippen LogP contribution in [0, 0.1) is 5.41 Å². The van der Waals surface area contributed by atoms with E-state index in [0.29, 0.717) is 6.42 Å². The Bertz CT molecular complexity index is 369. The fourth-order valence-electron chi connectivity index (χ4n) is 3.06. The summed E-state index contributed by atoms with van der Waals surface area (Å²) in [6.07, 6.45) is -6.15. The summed E-state index contributed by atoms with van der Waals surface area (Å²) in [7, 11) is 0. The molecule has 130 valence electrons. The predicted octanol–water partition coefficient (Wildman–Crippen LogP) is -0.605. The number of aliphatic hydroxyl groups is 4. The van der Waals surface area contributed by atoms with E-state index in [2.05, 4.69) is 0 Å². The third-order valence-electron chi connectivity index (χ3n) is 4.38. The van der Waals surface area contributed by atoms with Crippen molar-refractivity contribution < 1.29 is 34.6 Å². The van der Waals surface area contributed by atoms with Crippen LogP contribution >= 0.6 is 0 Å². The monoisotopic (exact) mass is 320 g/mol. The van der Waals surface area contributed by atoms with Crippen molar-refractivity contribution in [1.82, 2.24) is 0 Å². The fourth-order valence-corrected chi connectivity index (χ4v) is 3.06. The molecule has 2 fully saturated rings. The van der Waals surface area contributed by atoms with E-state index < -0.39 is 49.0 Å². The molecule has 2 aliphatic rings. The molecular formula is C15H28O7. The molecule has 0 saturated carbocycles. The second-order valence-electron chi connectivity index (χ2n) is 7.17. The number of hydrogen-bond donors (Lipinski definition) is 4. The van der Waals surface area contributed by atoms with Gasteiger partial charge in [0.2, 0.25) is 0 Å². The zero-order chi connectivity index (χ0) is 16.7. The minimum Gasteiger partial charge on any atom is -0.394 e. The van der Waals surface area contributed by atoms with Crippen LogP contribution in [0.15, 0.2) is 0 Å². The minimum atomic E-state index is -1.18. The molecule has 0 aromatic rings. The second kappa shape index (κ2) is 6.68. The first-order valence-corrected chi connectivity index (χ1v) is 7.82. The Labute approximate surface area is 130 Å². The maximum atomic E-state index is 10.3. The van der Waals surface area contributed by atoms with Crippen molar-refractivity contribution in [3.05, 3.63) is 0 Å². The molecule has 7 heteroatoms. The van der Waals surface area contributed by atoms with Gasteiger partial charge in [-0.15, -0.1) is 0 Å². The molecule has 0 spiro atoms. The van der Waals surface area contributed by atoms with Crippen LogP contribution in [-0.4, -0.2) is 76.1 Å². The van der Waals surface area contributed by atoms with Crippen LogP contribution in [0.3, 0.4) is 0 Å². The van der Waals surface area contributed by atoms with Gasteiger partial charge in [-0.25, -0.2) is 0 Å². The Morgan fingerprint density at radius 1 is 0.955 bits per heavy atom. The van der Waals surface area contributed by atoms with Crippen LogP contribution in [0.5, 0.6) is 0 Å². The van der Waals surface area contributed by atoms with Gasteiger partial charge in [0.25, 0.3) is 0 Å². The number of aliphatic hydroxyl groups excluding tert-OH is 4. The lowest BCUT2D eigenvalue weighted by Gasteiger charge is -2.33. The highest BCUT2D eigenvalue weighted by Crippen LogP contribution is 2.37. The summed E-state index contributed by atoms with van der Waals surface area (Å²) >= 11 is 0. The molecule has 0 radical (unpaired) electrons. The van der Waals surface area contributed by atoms with Gasteiger partial charge in [-0.3, -0.25) is 0 Å². The van der Waals surface area contributed by atoms with Crippen molar-refractivity contribution in [1.29, 1.82) is 0 Å². The molecule has 2 aliphatic heterocycles. The number of rotatable bonds is 4. The van der Waals surface area contributed by atoms with E-state index in [4.69, 9.17) is 14.2 Å². The van der Waals surface area contributed by atoms with Crippen LogP contribution in [-0.2, 0) is 14.2 Å². The first-order chi connectivity index (χ1) is 10.2. The maximum absolute atomic E-state index is 10.3. The van der Waals surface area contributed by atoms with Gasteiger partial charge in [0, 0.05) is 0 Å². The Kier molecular flexibility index (Phi) is 5.49. The molecule has 7 nitrogen and oxygen atoms in total. The SMILES string of the molecule is CC[C@H]1OC(O[C@H]2C(C(C)(C)C)O[C@H](CO)[C@@H]2O)[C@H](O)[C@H]1O. The minimum absolute atomic E-state index is 0.318. The average molecular weight is 320 g/mol. The highest BCUT2D eigenvalue weighted by Gasteiger charge is 2.52. The molecule has 2 heterocycles. The highest BCUT2D eigenvalue weighted by molar-refractivity contribution is 4.98. The number of hydrogen-bond acceptors (Lipinski definition) is 7. The Morgan fingerprint density at radius 3 is 2.05 bits per heavy atom. The number of ether oxygens (including phenoxy) is 3. The van der Waals surface area contributed by atoms with Crippen LogP contribution in [0.25, 0.3) is 0 Å². The van der Waals surface area contributed by atoms with E-state index in [1.165, 1.54) is 0 Å². The molecule has 0 amide bonds. The van der Waals surface area contributed by atoms with Crippen LogP contribution < -0.4 is 0 Å². The quantitative estimate of drug-likeness (QED) is 0.547. The highest BCUT2D eigenvalue weighted by atomic mass is 16.7. The lowest BCUT2D eigenvalue weighted by atomic mass is 9.85. The summed E-state index contributed by atoms with van der Waals surface area (Å²) in [4.78, 5) is 0. The molecule has 0 aromatic carbocycles. The Morgan fingerprint density at radius 2 is 1.59 bits per heavy atom. The van der Waals surface area contributed by atoms with Crippen LogP contribution in [0.1, 0.15) is 34.1 Å². The molecule has 2 rings (SSSR count). The molecule has 0 bridgehead atoms.